The zero-order chi connectivity index (χ0) is 16.7. The van der Waals surface area contributed by atoms with Crippen molar-refractivity contribution in [1.29, 1.82) is 0 Å². The first-order valence-electron chi connectivity index (χ1n) is 8.73. The van der Waals surface area contributed by atoms with Crippen LogP contribution in [0.1, 0.15) is 27.2 Å². The predicted octanol–water partition coefficient (Wildman–Crippen LogP) is 0.705. The summed E-state index contributed by atoms with van der Waals surface area (Å²) in [5.74, 6) is 1.12. The summed E-state index contributed by atoms with van der Waals surface area (Å²) >= 11 is 0. The smallest absolute Gasteiger partial charge is 0.275 e. The summed E-state index contributed by atoms with van der Waals surface area (Å²) in [6.07, 6.45) is 0.975. The van der Waals surface area contributed by atoms with E-state index in [-0.39, 0.29) is 11.9 Å². The summed E-state index contributed by atoms with van der Waals surface area (Å²) in [5, 5.41) is 3.05. The minimum atomic E-state index is 0.164. The first-order valence-corrected chi connectivity index (χ1v) is 8.73. The molecule has 128 valence electrons. The number of nitrogens with one attached hydrogen (secondary N) is 2. The first-order chi connectivity index (χ1) is 11.1. The number of quaternary nitrogens is 1. The third kappa shape index (κ3) is 5.13. The Morgan fingerprint density at radius 3 is 2.65 bits per heavy atom. The molecule has 0 aromatic heterocycles. The lowest BCUT2D eigenvalue weighted by molar-refractivity contribution is -0.892. The van der Waals surface area contributed by atoms with Crippen molar-refractivity contribution in [3.63, 3.8) is 0 Å². The van der Waals surface area contributed by atoms with E-state index in [9.17, 15) is 4.79 Å². The second-order valence-electron chi connectivity index (χ2n) is 6.19. The van der Waals surface area contributed by atoms with Crippen molar-refractivity contribution in [1.82, 2.24) is 5.32 Å². The summed E-state index contributed by atoms with van der Waals surface area (Å²) < 4.78 is 5.73. The lowest BCUT2D eigenvalue weighted by Gasteiger charge is -2.34. The van der Waals surface area contributed by atoms with E-state index >= 15 is 0 Å². The summed E-state index contributed by atoms with van der Waals surface area (Å²) in [6, 6.07) is 8.47. The molecule has 1 aromatic carbocycles. The fourth-order valence-electron chi connectivity index (χ4n) is 2.89. The van der Waals surface area contributed by atoms with Gasteiger partial charge in [0.2, 0.25) is 0 Å². The van der Waals surface area contributed by atoms with Crippen molar-refractivity contribution >= 4 is 11.6 Å². The lowest BCUT2D eigenvalue weighted by Crippen LogP contribution is -3.16. The summed E-state index contributed by atoms with van der Waals surface area (Å²) in [5.41, 5.74) is 1.16. The van der Waals surface area contributed by atoms with E-state index < -0.39 is 0 Å². The van der Waals surface area contributed by atoms with Gasteiger partial charge in [0.25, 0.3) is 5.91 Å². The number of rotatable bonds is 7. The Morgan fingerprint density at radius 1 is 1.30 bits per heavy atom. The molecule has 1 aliphatic heterocycles. The van der Waals surface area contributed by atoms with Crippen molar-refractivity contribution < 1.29 is 14.4 Å². The lowest BCUT2D eigenvalue weighted by atomic mass is 10.2. The molecule has 1 aliphatic rings. The van der Waals surface area contributed by atoms with E-state index in [1.54, 1.807) is 0 Å². The monoisotopic (exact) mass is 320 g/mol. The zero-order valence-electron chi connectivity index (χ0n) is 14.6. The second kappa shape index (κ2) is 8.77. The molecule has 2 N–H and O–H groups in total. The van der Waals surface area contributed by atoms with Gasteiger partial charge in [0.15, 0.2) is 6.54 Å². The average Bonchev–Trinajstić information content (AvgIpc) is 2.56. The number of ether oxygens (including phenoxy) is 1. The maximum absolute atomic E-state index is 12.0. The van der Waals surface area contributed by atoms with Crippen molar-refractivity contribution in [3.05, 3.63) is 24.3 Å². The molecule has 1 saturated heterocycles. The van der Waals surface area contributed by atoms with Gasteiger partial charge in [0.05, 0.1) is 38.5 Å². The number of anilines is 1. The molecule has 2 rings (SSSR count). The van der Waals surface area contributed by atoms with Gasteiger partial charge < -0.3 is 19.9 Å². The van der Waals surface area contributed by atoms with E-state index in [1.165, 1.54) is 4.90 Å². The molecule has 0 unspecified atom stereocenters. The minimum absolute atomic E-state index is 0.164. The van der Waals surface area contributed by atoms with Crippen LogP contribution >= 0.6 is 0 Å². The summed E-state index contributed by atoms with van der Waals surface area (Å²) in [7, 11) is 0. The second-order valence-corrected chi connectivity index (χ2v) is 6.19. The van der Waals surface area contributed by atoms with Crippen molar-refractivity contribution in [2.45, 2.75) is 33.2 Å². The van der Waals surface area contributed by atoms with Crippen LogP contribution in [-0.2, 0) is 4.79 Å². The van der Waals surface area contributed by atoms with E-state index in [0.717, 1.165) is 44.0 Å². The van der Waals surface area contributed by atoms with E-state index in [4.69, 9.17) is 4.74 Å². The normalized spacial score (nSPS) is 16.9. The number of hydrogen-bond acceptors (Lipinski definition) is 3. The molecule has 0 saturated carbocycles. The number of carbonyl (C=O) groups is 1. The standard InChI is InChI=1S/C18H29N3O2/c1-4-15(3)19-18(22)14-20-10-12-21(13-11-20)16-8-6-7-9-17(16)23-5-2/h6-9,15H,4-5,10-14H2,1-3H3,(H,19,22)/p+1/t15-/m0/s1. The van der Waals surface area contributed by atoms with Gasteiger partial charge in [-0.25, -0.2) is 0 Å². The highest BCUT2D eigenvalue weighted by Gasteiger charge is 2.24. The Bertz CT molecular complexity index is 499. The topological polar surface area (TPSA) is 46.0 Å². The number of benzene rings is 1. The van der Waals surface area contributed by atoms with Gasteiger partial charge in [-0.05, 0) is 32.4 Å². The van der Waals surface area contributed by atoms with Crippen LogP contribution < -0.4 is 19.9 Å². The molecule has 1 aromatic rings. The molecule has 0 spiro atoms. The Labute approximate surface area is 139 Å². The van der Waals surface area contributed by atoms with Gasteiger partial charge in [-0.3, -0.25) is 4.79 Å². The van der Waals surface area contributed by atoms with Crippen molar-refractivity contribution in [3.8, 4) is 5.75 Å². The number of hydrogen-bond donors (Lipinski definition) is 2. The predicted molar refractivity (Wildman–Crippen MR) is 93.3 cm³/mol. The molecule has 23 heavy (non-hydrogen) atoms. The number of nitrogens with zero attached hydrogens (tertiary/aromatic N) is 1. The summed E-state index contributed by atoms with van der Waals surface area (Å²) in [4.78, 5) is 15.7. The van der Waals surface area contributed by atoms with Crippen LogP contribution in [0.25, 0.3) is 0 Å². The first kappa shape index (κ1) is 17.6. The van der Waals surface area contributed by atoms with Gasteiger partial charge in [0, 0.05) is 6.04 Å². The Morgan fingerprint density at radius 2 is 2.00 bits per heavy atom. The number of piperazine rings is 1. The molecule has 0 radical (unpaired) electrons. The van der Waals surface area contributed by atoms with Gasteiger partial charge in [-0.15, -0.1) is 0 Å². The Kier molecular flexibility index (Phi) is 6.71. The molecule has 5 nitrogen and oxygen atoms in total. The third-order valence-electron chi connectivity index (χ3n) is 4.41. The van der Waals surface area contributed by atoms with E-state index in [1.807, 2.05) is 19.1 Å². The molecule has 5 heteroatoms. The molecule has 1 fully saturated rings. The maximum atomic E-state index is 12.0. The van der Waals surface area contributed by atoms with E-state index in [2.05, 4.69) is 36.2 Å². The highest BCUT2D eigenvalue weighted by molar-refractivity contribution is 5.77. The quantitative estimate of drug-likeness (QED) is 0.778. The van der Waals surface area contributed by atoms with Crippen LogP contribution in [0.5, 0.6) is 5.75 Å². The molecule has 1 amide bonds. The number of para-hydroxylation sites is 2. The fourth-order valence-corrected chi connectivity index (χ4v) is 2.89. The molecular weight excluding hydrogens is 290 g/mol. The number of carbonyl (C=O) groups excluding carboxylic acids is 1. The van der Waals surface area contributed by atoms with Crippen molar-refractivity contribution in [2.75, 3.05) is 44.2 Å². The third-order valence-corrected chi connectivity index (χ3v) is 4.41. The van der Waals surface area contributed by atoms with Crippen LogP contribution in [-0.4, -0.2) is 51.3 Å². The molecule has 0 aliphatic carbocycles. The molecule has 1 heterocycles. The van der Waals surface area contributed by atoms with E-state index in [0.29, 0.717) is 13.2 Å². The highest BCUT2D eigenvalue weighted by atomic mass is 16.5. The molecule has 1 atom stereocenters. The average molecular weight is 320 g/mol. The minimum Gasteiger partial charge on any atom is -0.492 e. The van der Waals surface area contributed by atoms with Crippen molar-refractivity contribution in [2.24, 2.45) is 0 Å². The van der Waals surface area contributed by atoms with Gasteiger partial charge in [-0.2, -0.15) is 0 Å². The van der Waals surface area contributed by atoms with Crippen LogP contribution in [0, 0.1) is 0 Å². The summed E-state index contributed by atoms with van der Waals surface area (Å²) in [6.45, 7) is 11.3. The SMILES string of the molecule is CCOc1ccccc1N1CC[NH+](CC(=O)N[C@@H](C)CC)CC1. The van der Waals surface area contributed by atoms with Crippen LogP contribution in [0.2, 0.25) is 0 Å². The highest BCUT2D eigenvalue weighted by Crippen LogP contribution is 2.27. The van der Waals surface area contributed by atoms with Gasteiger partial charge in [0.1, 0.15) is 5.75 Å². The largest absolute Gasteiger partial charge is 0.492 e. The number of amides is 1. The van der Waals surface area contributed by atoms with Crippen LogP contribution in [0.15, 0.2) is 24.3 Å². The molecular formula is C18H30N3O2+. The van der Waals surface area contributed by atoms with Gasteiger partial charge in [-0.1, -0.05) is 19.1 Å². The fraction of sp³-hybridized carbons (Fsp3) is 0.611. The van der Waals surface area contributed by atoms with Gasteiger partial charge >= 0.3 is 0 Å². The van der Waals surface area contributed by atoms with Crippen LogP contribution in [0.4, 0.5) is 5.69 Å². The zero-order valence-corrected chi connectivity index (χ0v) is 14.6. The Hall–Kier alpha value is -1.75. The maximum Gasteiger partial charge on any atom is 0.275 e. The van der Waals surface area contributed by atoms with Crippen LogP contribution in [0.3, 0.4) is 0 Å². The molecule has 0 bridgehead atoms. The Balaban J connectivity index is 1.85.